The Morgan fingerprint density at radius 3 is 2.62 bits per heavy atom. The fourth-order valence-corrected chi connectivity index (χ4v) is 2.99. The third kappa shape index (κ3) is 4.88. The number of nitro benzene ring substituents is 1. The Bertz CT molecular complexity index is 924. The monoisotopic (exact) mass is 399 g/mol. The highest BCUT2D eigenvalue weighted by atomic mass is 16.6. The number of anilines is 1. The minimum Gasteiger partial charge on any atom is -0.483 e. The van der Waals surface area contributed by atoms with Crippen LogP contribution in [-0.4, -0.2) is 54.5 Å². The van der Waals surface area contributed by atoms with Gasteiger partial charge in [0.2, 0.25) is 0 Å². The summed E-state index contributed by atoms with van der Waals surface area (Å²) < 4.78 is 10.8. The van der Waals surface area contributed by atoms with E-state index in [0.717, 1.165) is 0 Å². The SMILES string of the molecule is Cc1c(NC(=O)COc2ccccc2C(=O)N2CCOCC2)cccc1[N+](=O)[O-]. The van der Waals surface area contributed by atoms with Gasteiger partial charge in [0.25, 0.3) is 17.5 Å². The molecule has 1 N–H and O–H groups in total. The number of ether oxygens (including phenoxy) is 2. The number of benzene rings is 2. The number of para-hydroxylation sites is 1. The number of carbonyl (C=O) groups is 2. The Balaban J connectivity index is 1.66. The topological polar surface area (TPSA) is 111 Å². The molecule has 1 fully saturated rings. The number of carbonyl (C=O) groups excluding carboxylic acids is 2. The summed E-state index contributed by atoms with van der Waals surface area (Å²) in [6.07, 6.45) is 0. The summed E-state index contributed by atoms with van der Waals surface area (Å²) in [5, 5.41) is 13.6. The number of morpholine rings is 1. The van der Waals surface area contributed by atoms with E-state index in [4.69, 9.17) is 9.47 Å². The zero-order valence-electron chi connectivity index (χ0n) is 15.9. The van der Waals surface area contributed by atoms with E-state index in [2.05, 4.69) is 5.32 Å². The molecule has 2 amide bonds. The summed E-state index contributed by atoms with van der Waals surface area (Å²) in [7, 11) is 0. The van der Waals surface area contributed by atoms with Gasteiger partial charge < -0.3 is 19.7 Å². The number of nitrogens with zero attached hydrogens (tertiary/aromatic N) is 2. The Labute approximate surface area is 167 Å². The molecule has 152 valence electrons. The van der Waals surface area contributed by atoms with Gasteiger partial charge in [-0.05, 0) is 25.1 Å². The molecule has 0 spiro atoms. The third-order valence-corrected chi connectivity index (χ3v) is 4.55. The molecule has 0 aromatic heterocycles. The summed E-state index contributed by atoms with van der Waals surface area (Å²) in [6.45, 7) is 3.19. The van der Waals surface area contributed by atoms with Gasteiger partial charge in [-0.3, -0.25) is 19.7 Å². The van der Waals surface area contributed by atoms with E-state index in [9.17, 15) is 19.7 Å². The average molecular weight is 399 g/mol. The molecule has 0 bridgehead atoms. The van der Waals surface area contributed by atoms with Gasteiger partial charge >= 0.3 is 0 Å². The molecule has 0 radical (unpaired) electrons. The van der Waals surface area contributed by atoms with Crippen molar-refractivity contribution in [1.29, 1.82) is 0 Å². The van der Waals surface area contributed by atoms with Crippen molar-refractivity contribution >= 4 is 23.2 Å². The first-order valence-electron chi connectivity index (χ1n) is 9.10. The first-order chi connectivity index (χ1) is 14.0. The number of rotatable bonds is 6. The van der Waals surface area contributed by atoms with Gasteiger partial charge in [0, 0.05) is 19.2 Å². The Morgan fingerprint density at radius 1 is 1.17 bits per heavy atom. The van der Waals surface area contributed by atoms with Crippen molar-refractivity contribution in [1.82, 2.24) is 4.90 Å². The molecule has 1 aliphatic heterocycles. The van der Waals surface area contributed by atoms with Gasteiger partial charge in [-0.25, -0.2) is 0 Å². The normalized spacial score (nSPS) is 13.6. The quantitative estimate of drug-likeness (QED) is 0.590. The summed E-state index contributed by atoms with van der Waals surface area (Å²) in [6, 6.07) is 11.2. The minimum absolute atomic E-state index is 0.0785. The first kappa shape index (κ1) is 20.3. The van der Waals surface area contributed by atoms with Gasteiger partial charge in [-0.15, -0.1) is 0 Å². The van der Waals surface area contributed by atoms with E-state index < -0.39 is 10.8 Å². The molecule has 29 heavy (non-hydrogen) atoms. The molecule has 0 atom stereocenters. The second-order valence-corrected chi connectivity index (χ2v) is 6.44. The van der Waals surface area contributed by atoms with Crippen LogP contribution in [0, 0.1) is 17.0 Å². The highest BCUT2D eigenvalue weighted by molar-refractivity contribution is 5.97. The van der Waals surface area contributed by atoms with Crippen LogP contribution >= 0.6 is 0 Å². The maximum Gasteiger partial charge on any atom is 0.274 e. The van der Waals surface area contributed by atoms with Crippen LogP contribution in [0.2, 0.25) is 0 Å². The molecule has 1 heterocycles. The standard InChI is InChI=1S/C20H21N3O6/c1-14-16(6-4-7-17(14)23(26)27)21-19(24)13-29-18-8-3-2-5-15(18)20(25)22-9-11-28-12-10-22/h2-8H,9-13H2,1H3,(H,21,24). The van der Waals surface area contributed by atoms with Gasteiger partial charge in [-0.2, -0.15) is 0 Å². The lowest BCUT2D eigenvalue weighted by Crippen LogP contribution is -2.40. The van der Waals surface area contributed by atoms with E-state index in [0.29, 0.717) is 48.9 Å². The molecule has 2 aromatic carbocycles. The van der Waals surface area contributed by atoms with Crippen LogP contribution in [0.4, 0.5) is 11.4 Å². The number of nitrogens with one attached hydrogen (secondary N) is 1. The first-order valence-corrected chi connectivity index (χ1v) is 9.10. The van der Waals surface area contributed by atoms with Crippen molar-refractivity contribution in [2.75, 3.05) is 38.2 Å². The molecular formula is C20H21N3O6. The number of hydrogen-bond donors (Lipinski definition) is 1. The smallest absolute Gasteiger partial charge is 0.274 e. The van der Waals surface area contributed by atoms with Gasteiger partial charge in [0.15, 0.2) is 6.61 Å². The van der Waals surface area contributed by atoms with E-state index in [-0.39, 0.29) is 18.2 Å². The second kappa shape index (κ2) is 9.16. The van der Waals surface area contributed by atoms with Gasteiger partial charge in [0.05, 0.1) is 35.0 Å². The van der Waals surface area contributed by atoms with E-state index >= 15 is 0 Å². The fourth-order valence-electron chi connectivity index (χ4n) is 2.99. The number of nitro groups is 1. The van der Waals surface area contributed by atoms with Crippen molar-refractivity contribution in [3.8, 4) is 5.75 Å². The summed E-state index contributed by atoms with van der Waals surface area (Å²) in [5.41, 5.74) is 0.984. The highest BCUT2D eigenvalue weighted by Gasteiger charge is 2.22. The van der Waals surface area contributed by atoms with Crippen LogP contribution in [0.15, 0.2) is 42.5 Å². The summed E-state index contributed by atoms with van der Waals surface area (Å²) in [5.74, 6) is -0.365. The van der Waals surface area contributed by atoms with Crippen LogP contribution in [-0.2, 0) is 9.53 Å². The maximum atomic E-state index is 12.7. The lowest BCUT2D eigenvalue weighted by Gasteiger charge is -2.27. The van der Waals surface area contributed by atoms with Crippen LogP contribution in [0.1, 0.15) is 15.9 Å². The van der Waals surface area contributed by atoms with Crippen molar-refractivity contribution in [3.63, 3.8) is 0 Å². The second-order valence-electron chi connectivity index (χ2n) is 6.44. The summed E-state index contributed by atoms with van der Waals surface area (Å²) in [4.78, 5) is 37.2. The molecule has 0 saturated carbocycles. The molecule has 0 unspecified atom stereocenters. The van der Waals surface area contributed by atoms with E-state index in [1.807, 2.05) is 0 Å². The fraction of sp³-hybridized carbons (Fsp3) is 0.300. The predicted octanol–water partition coefficient (Wildman–Crippen LogP) is 2.39. The van der Waals surface area contributed by atoms with Gasteiger partial charge in [0.1, 0.15) is 5.75 Å². The molecule has 1 aliphatic rings. The molecular weight excluding hydrogens is 378 g/mol. The molecule has 2 aromatic rings. The number of amides is 2. The minimum atomic E-state index is -0.505. The average Bonchev–Trinajstić information content (AvgIpc) is 2.74. The predicted molar refractivity (Wildman–Crippen MR) is 105 cm³/mol. The zero-order chi connectivity index (χ0) is 20.8. The number of hydrogen-bond acceptors (Lipinski definition) is 6. The third-order valence-electron chi connectivity index (χ3n) is 4.55. The van der Waals surface area contributed by atoms with Crippen LogP contribution in [0.25, 0.3) is 0 Å². The van der Waals surface area contributed by atoms with E-state index in [1.54, 1.807) is 42.2 Å². The van der Waals surface area contributed by atoms with Gasteiger partial charge in [-0.1, -0.05) is 18.2 Å². The molecule has 9 heteroatoms. The zero-order valence-corrected chi connectivity index (χ0v) is 15.9. The van der Waals surface area contributed by atoms with Crippen molar-refractivity contribution in [2.45, 2.75) is 6.92 Å². The largest absolute Gasteiger partial charge is 0.483 e. The Morgan fingerprint density at radius 2 is 1.90 bits per heavy atom. The van der Waals surface area contributed by atoms with Crippen LogP contribution in [0.5, 0.6) is 5.75 Å². The van der Waals surface area contributed by atoms with Crippen LogP contribution < -0.4 is 10.1 Å². The maximum absolute atomic E-state index is 12.7. The Kier molecular flexibility index (Phi) is 6.40. The summed E-state index contributed by atoms with van der Waals surface area (Å²) >= 11 is 0. The lowest BCUT2D eigenvalue weighted by atomic mass is 10.1. The van der Waals surface area contributed by atoms with E-state index in [1.165, 1.54) is 12.1 Å². The molecule has 1 saturated heterocycles. The van der Waals surface area contributed by atoms with Crippen LogP contribution in [0.3, 0.4) is 0 Å². The highest BCUT2D eigenvalue weighted by Crippen LogP contribution is 2.25. The molecule has 9 nitrogen and oxygen atoms in total. The van der Waals surface area contributed by atoms with Crippen molar-refractivity contribution in [3.05, 3.63) is 63.7 Å². The lowest BCUT2D eigenvalue weighted by molar-refractivity contribution is -0.385. The Hall–Kier alpha value is -3.46. The molecule has 0 aliphatic carbocycles. The van der Waals surface area contributed by atoms with Crippen molar-refractivity contribution < 1.29 is 24.0 Å². The van der Waals surface area contributed by atoms with Crippen molar-refractivity contribution in [2.24, 2.45) is 0 Å². The molecule has 3 rings (SSSR count).